The summed E-state index contributed by atoms with van der Waals surface area (Å²) in [6.45, 7) is 35.3. The van der Waals surface area contributed by atoms with E-state index in [9.17, 15) is 0 Å². The Morgan fingerprint density at radius 3 is 1.72 bits per heavy atom. The van der Waals surface area contributed by atoms with E-state index in [0.717, 1.165) is 61.3 Å². The molecule has 0 saturated heterocycles. The number of furan rings is 1. The van der Waals surface area contributed by atoms with Crippen LogP contribution in [0, 0.1) is 0 Å². The predicted molar refractivity (Wildman–Crippen MR) is 298 cm³/mol. The molecule has 8 aromatic rings. The number of hydrogen-bond acceptors (Lipinski definition) is 3. The van der Waals surface area contributed by atoms with Gasteiger partial charge in [0.15, 0.2) is 7.28 Å². The summed E-state index contributed by atoms with van der Waals surface area (Å²) in [6, 6.07) is 46.6. The Kier molecular flexibility index (Phi) is 9.88. The number of nitrogens with one attached hydrogen (secondary N) is 1. The Balaban J connectivity index is 1.24. The normalized spacial score (nSPS) is 16.7. The van der Waals surface area contributed by atoms with Crippen molar-refractivity contribution in [2.75, 3.05) is 10.2 Å². The van der Waals surface area contributed by atoms with Crippen LogP contribution in [0.2, 0.25) is 0 Å². The Labute approximate surface area is 413 Å². The monoisotopic (exact) mass is 906 g/mol. The topological polar surface area (TPSA) is 28.4 Å². The second kappa shape index (κ2) is 15.0. The summed E-state index contributed by atoms with van der Waals surface area (Å²) < 4.78 is 7.21. The van der Waals surface area contributed by atoms with Gasteiger partial charge in [0.2, 0.25) is 0 Å². The standard InChI is InChI=1S/C65H70BN2O/c1-60(2,3)38-20-25-41(26-21-38)67-53-37-49-44(45-34-50-51(36-48(45)65(49,14)15)64(12,13)31-30-63(50,10)11)33-47(53)57-58-55(35-46-43-18-16-17-19-56(43)69-59(46)57)68(42-27-22-39(23-28-42)61(4,5)6)54-29-24-40(62(7,8)9)32-52(54)66-58/h16-29,32-37,67H,30-31H2,1-15H3. The van der Waals surface area contributed by atoms with Crippen molar-refractivity contribution in [3.63, 3.8) is 0 Å². The average Bonchev–Trinajstić information content (AvgIpc) is 3.75. The largest absolute Gasteiger partial charge is 0.455 e. The fourth-order valence-corrected chi connectivity index (χ4v) is 11.8. The van der Waals surface area contributed by atoms with Gasteiger partial charge in [-0.2, -0.15) is 0 Å². The summed E-state index contributed by atoms with van der Waals surface area (Å²) in [6.07, 6.45) is 2.36. The van der Waals surface area contributed by atoms with E-state index in [0.29, 0.717) is 0 Å². The molecule has 0 saturated carbocycles. The molecule has 11 rings (SSSR count). The van der Waals surface area contributed by atoms with E-state index in [2.05, 4.69) is 243 Å². The highest BCUT2D eigenvalue weighted by atomic mass is 16.3. The summed E-state index contributed by atoms with van der Waals surface area (Å²) in [5.74, 6) is 0. The number of hydrogen-bond donors (Lipinski definition) is 1. The smallest absolute Gasteiger partial charge is 0.198 e. The highest BCUT2D eigenvalue weighted by Crippen LogP contribution is 2.57. The first-order chi connectivity index (χ1) is 32.3. The molecule has 1 N–H and O–H groups in total. The van der Waals surface area contributed by atoms with Gasteiger partial charge in [-0.05, 0) is 156 Å². The molecule has 1 radical (unpaired) electrons. The molecule has 3 aliphatic rings. The van der Waals surface area contributed by atoms with E-state index in [4.69, 9.17) is 4.42 Å². The maximum atomic E-state index is 7.21. The molecule has 0 bridgehead atoms. The second-order valence-electron chi connectivity index (χ2n) is 25.7. The molecule has 0 atom stereocenters. The summed E-state index contributed by atoms with van der Waals surface area (Å²) in [5.41, 5.74) is 24.3. The summed E-state index contributed by atoms with van der Waals surface area (Å²) >= 11 is 0. The highest BCUT2D eigenvalue weighted by Gasteiger charge is 2.43. The van der Waals surface area contributed by atoms with Crippen LogP contribution in [0.15, 0.2) is 126 Å². The van der Waals surface area contributed by atoms with Crippen molar-refractivity contribution in [3.8, 4) is 22.3 Å². The zero-order chi connectivity index (χ0) is 49.0. The first-order valence-corrected chi connectivity index (χ1v) is 25.5. The van der Waals surface area contributed by atoms with Gasteiger partial charge in [0.05, 0.1) is 0 Å². The van der Waals surface area contributed by atoms with Crippen molar-refractivity contribution in [3.05, 3.63) is 160 Å². The molecule has 1 aromatic heterocycles. The van der Waals surface area contributed by atoms with Gasteiger partial charge in [-0.1, -0.05) is 170 Å². The molecule has 0 unspecified atom stereocenters. The molecule has 7 aromatic carbocycles. The highest BCUT2D eigenvalue weighted by molar-refractivity contribution is 6.73. The molecule has 2 aliphatic carbocycles. The fraction of sp³-hybridized carbons (Fsp3) is 0.354. The van der Waals surface area contributed by atoms with Gasteiger partial charge >= 0.3 is 0 Å². The quantitative estimate of drug-likeness (QED) is 0.178. The lowest BCUT2D eigenvalue weighted by molar-refractivity contribution is 0.331. The van der Waals surface area contributed by atoms with Crippen LogP contribution in [-0.2, 0) is 32.5 Å². The maximum absolute atomic E-state index is 7.21. The zero-order valence-electron chi connectivity index (χ0n) is 43.9. The van der Waals surface area contributed by atoms with Crippen molar-refractivity contribution in [1.82, 2.24) is 0 Å². The van der Waals surface area contributed by atoms with E-state index in [1.54, 1.807) is 0 Å². The Bertz CT molecular complexity index is 3390. The van der Waals surface area contributed by atoms with Gasteiger partial charge in [0.25, 0.3) is 0 Å². The molecule has 3 nitrogen and oxygen atoms in total. The van der Waals surface area contributed by atoms with Crippen LogP contribution in [0.25, 0.3) is 44.2 Å². The van der Waals surface area contributed by atoms with E-state index in [1.807, 2.05) is 0 Å². The van der Waals surface area contributed by atoms with Crippen LogP contribution in [0.3, 0.4) is 0 Å². The van der Waals surface area contributed by atoms with Crippen LogP contribution in [0.4, 0.5) is 28.4 Å². The number of benzene rings is 7. The van der Waals surface area contributed by atoms with Crippen molar-refractivity contribution < 1.29 is 4.42 Å². The Morgan fingerprint density at radius 2 is 1.09 bits per heavy atom. The lowest BCUT2D eigenvalue weighted by Crippen LogP contribution is -2.41. The number of rotatable bonds is 4. The molecule has 1 aliphatic heterocycles. The van der Waals surface area contributed by atoms with E-state index >= 15 is 0 Å². The third-order valence-electron chi connectivity index (χ3n) is 16.4. The molecule has 69 heavy (non-hydrogen) atoms. The molecule has 0 fully saturated rings. The van der Waals surface area contributed by atoms with Crippen LogP contribution in [0.5, 0.6) is 0 Å². The molecular formula is C65H70BN2O. The second-order valence-corrected chi connectivity index (χ2v) is 25.7. The van der Waals surface area contributed by atoms with Gasteiger partial charge in [0, 0.05) is 55.8 Å². The lowest BCUT2D eigenvalue weighted by Gasteiger charge is -2.42. The Hall–Kier alpha value is -6.00. The van der Waals surface area contributed by atoms with E-state index in [-0.39, 0.29) is 32.5 Å². The van der Waals surface area contributed by atoms with Crippen LogP contribution in [-0.4, -0.2) is 7.28 Å². The summed E-state index contributed by atoms with van der Waals surface area (Å²) in [7, 11) is 2.45. The first kappa shape index (κ1) is 45.4. The van der Waals surface area contributed by atoms with E-state index in [1.165, 1.54) is 74.1 Å². The zero-order valence-corrected chi connectivity index (χ0v) is 43.9. The lowest BCUT2D eigenvalue weighted by atomic mass is 9.57. The fourth-order valence-electron chi connectivity index (χ4n) is 11.8. The van der Waals surface area contributed by atoms with Crippen molar-refractivity contribution in [2.45, 2.75) is 149 Å². The van der Waals surface area contributed by atoms with Gasteiger partial charge in [-0.15, -0.1) is 0 Å². The predicted octanol–water partition coefficient (Wildman–Crippen LogP) is 17.0. The van der Waals surface area contributed by atoms with Crippen molar-refractivity contribution >= 4 is 68.6 Å². The molecular weight excluding hydrogens is 836 g/mol. The van der Waals surface area contributed by atoms with Crippen LogP contribution in [0.1, 0.15) is 156 Å². The maximum Gasteiger partial charge on any atom is 0.198 e. The average molecular weight is 906 g/mol. The third-order valence-corrected chi connectivity index (χ3v) is 16.4. The number of para-hydroxylation sites is 1. The SMILES string of the molecule is CC(C)(C)c1ccc(Nc2cc3c(cc2-c2c4c(cc5c2oc2ccccc25)N(c2ccc(C(C)(C)C)cc2)c2ccc(C(C)(C)C)cc2[B]4)-c2cc4c(cc2C3(C)C)C(C)(C)CCC4(C)C)cc1. The third kappa shape index (κ3) is 7.29. The van der Waals surface area contributed by atoms with Gasteiger partial charge in [0.1, 0.15) is 11.2 Å². The number of fused-ring (bicyclic) bond motifs is 9. The summed E-state index contributed by atoms with van der Waals surface area (Å²) in [4.78, 5) is 2.51. The van der Waals surface area contributed by atoms with Crippen molar-refractivity contribution in [2.24, 2.45) is 0 Å². The van der Waals surface area contributed by atoms with Gasteiger partial charge in [-0.3, -0.25) is 0 Å². The van der Waals surface area contributed by atoms with Crippen LogP contribution < -0.4 is 21.1 Å². The minimum absolute atomic E-state index is 0.0309. The van der Waals surface area contributed by atoms with Gasteiger partial charge < -0.3 is 14.6 Å². The first-order valence-electron chi connectivity index (χ1n) is 25.5. The number of nitrogens with zero attached hydrogens (tertiary/aromatic N) is 1. The molecule has 4 heteroatoms. The minimum atomic E-state index is -0.225. The molecule has 0 spiro atoms. The molecule has 349 valence electrons. The Morgan fingerprint density at radius 1 is 0.522 bits per heavy atom. The van der Waals surface area contributed by atoms with E-state index < -0.39 is 0 Å². The summed E-state index contributed by atoms with van der Waals surface area (Å²) in [5, 5.41) is 6.30. The van der Waals surface area contributed by atoms with Gasteiger partial charge in [-0.25, -0.2) is 0 Å². The molecule has 2 heterocycles. The molecule has 0 amide bonds. The minimum Gasteiger partial charge on any atom is -0.455 e. The van der Waals surface area contributed by atoms with Crippen molar-refractivity contribution in [1.29, 1.82) is 0 Å². The number of anilines is 5. The van der Waals surface area contributed by atoms with Crippen LogP contribution >= 0.6 is 0 Å².